The summed E-state index contributed by atoms with van der Waals surface area (Å²) in [5.74, 6) is -8.65. The lowest BCUT2D eigenvalue weighted by atomic mass is 9.55. The highest BCUT2D eigenvalue weighted by molar-refractivity contribution is 8.00. The Balaban J connectivity index is 1.16. The summed E-state index contributed by atoms with van der Waals surface area (Å²) in [6.45, 7) is 19.7. The minimum absolute atomic E-state index is 0.0103. The predicted molar refractivity (Wildman–Crippen MR) is 393 cm³/mol. The average molecular weight is 1500 g/mol. The Morgan fingerprint density at radius 3 is 2.00 bits per heavy atom. The number of phosphoric ester groups is 1. The number of carbonyl (C=O) groups excluding carboxylic acids is 8. The summed E-state index contributed by atoms with van der Waals surface area (Å²) < 4.78 is 32.4. The fraction of sp³-hybridized carbons (Fsp3) is 0.648. The molecule has 1 unspecified atom stereocenters. The second-order valence-electron chi connectivity index (χ2n) is 30.5. The molecule has 8 amide bonds. The molecule has 1 aromatic carbocycles. The molecule has 2 fully saturated rings. The molecule has 8 rings (SSSR count). The second kappa shape index (κ2) is 33.2. The van der Waals surface area contributed by atoms with Crippen molar-refractivity contribution in [1.82, 2.24) is 30.8 Å². The van der Waals surface area contributed by atoms with Crippen LogP contribution in [-0.4, -0.2) is 180 Å². The number of carboxylic acids is 1. The first-order valence-corrected chi connectivity index (χ1v) is 38.2. The molecule has 105 heavy (non-hydrogen) atoms. The molecule has 0 saturated carbocycles. The highest BCUT2D eigenvalue weighted by Crippen LogP contribution is 2.63. The van der Waals surface area contributed by atoms with Crippen molar-refractivity contribution >= 4 is 101 Å². The maximum Gasteiger partial charge on any atom is 0.472 e. The first kappa shape index (κ1) is 82.9. The van der Waals surface area contributed by atoms with E-state index in [9.17, 15) is 62.8 Å². The zero-order chi connectivity index (χ0) is 77.8. The summed E-state index contributed by atoms with van der Waals surface area (Å²) in [5.41, 5.74) is 36.9. The fourth-order valence-electron chi connectivity index (χ4n) is 16.6. The first-order valence-electron chi connectivity index (χ1n) is 35.6. The van der Waals surface area contributed by atoms with E-state index in [-0.39, 0.29) is 114 Å². The number of carboxylic acid groups (broad SMARTS) is 1. The zero-order valence-electron chi connectivity index (χ0n) is 61.7. The van der Waals surface area contributed by atoms with Crippen molar-refractivity contribution in [3.8, 4) is 0 Å². The van der Waals surface area contributed by atoms with Crippen LogP contribution in [0.25, 0.3) is 11.0 Å². The van der Waals surface area contributed by atoms with Crippen LogP contribution in [0.4, 0.5) is 0 Å². The number of aliphatic hydroxyl groups excluding tert-OH is 2. The van der Waals surface area contributed by atoms with Crippen molar-refractivity contribution in [3.05, 3.63) is 63.9 Å². The van der Waals surface area contributed by atoms with Crippen LogP contribution >= 0.6 is 19.6 Å². The van der Waals surface area contributed by atoms with Gasteiger partial charge in [-0.15, -0.1) is 11.8 Å². The number of nitrogens with one attached hydrogen (secondary N) is 4. The number of thioether (sulfide) groups is 1. The fourth-order valence-corrected chi connectivity index (χ4v) is 18.6. The topological polar surface area (TPSA) is 538 Å². The molecule has 578 valence electrons. The van der Waals surface area contributed by atoms with Crippen molar-refractivity contribution in [3.63, 3.8) is 0 Å². The SMILES string of the molecule is C/C1=C2N=C(/C=C3\N/C(=C(/C)C4=N[C@](C)([C@@H]5N=C1[C@](C)(CCC(=O)NC[C@@H](C)OP(=O)(O)O[C@H]1[C@@H](O)[C@@H](n6cnc7cc(C)c(C)cc76)O[C@H]1CO)[C@H]5CC(N)=O)[C@@](C)(CC(N)=O)[C@@H]4CCC(=O)NCCCCNC(=O)CSC[C@H](N)C(=O)O)[C@@](C)(CC(N)=O)[C@@H]3CCC(N)=O)C(C)(C)[C@@H]/2CCC(N)=O. The third-order valence-corrected chi connectivity index (χ3v) is 24.9. The third-order valence-electron chi connectivity index (χ3n) is 22.7. The number of aliphatic carboxylic acids is 1. The smallest absolute Gasteiger partial charge is 0.472 e. The van der Waals surface area contributed by atoms with Crippen LogP contribution in [0, 0.1) is 59.2 Å². The predicted octanol–water partition coefficient (Wildman–Crippen LogP) is 2.84. The number of primary amides is 5. The number of aliphatic hydroxyl groups is 2. The largest absolute Gasteiger partial charge is 0.480 e. The first-order chi connectivity index (χ1) is 49.0. The van der Waals surface area contributed by atoms with Gasteiger partial charge in [0.25, 0.3) is 0 Å². The number of phosphoric acid groups is 1. The van der Waals surface area contributed by atoms with E-state index in [1.165, 1.54) is 13.3 Å². The van der Waals surface area contributed by atoms with E-state index in [4.69, 9.17) is 68.3 Å². The molecule has 0 radical (unpaired) electrons. The molecule has 2 saturated heterocycles. The Bertz CT molecular complexity index is 4000. The number of benzene rings is 1. The molecular formula is C71H106N15O17PS. The van der Waals surface area contributed by atoms with E-state index in [1.807, 2.05) is 87.4 Å². The summed E-state index contributed by atoms with van der Waals surface area (Å²) >= 11 is 1.09. The van der Waals surface area contributed by atoms with E-state index in [0.29, 0.717) is 69.2 Å². The van der Waals surface area contributed by atoms with E-state index in [2.05, 4.69) is 26.3 Å². The van der Waals surface area contributed by atoms with Gasteiger partial charge in [-0.3, -0.25) is 67.2 Å². The minimum atomic E-state index is -5.11. The van der Waals surface area contributed by atoms with Crippen LogP contribution in [0.5, 0.6) is 0 Å². The van der Waals surface area contributed by atoms with Crippen LogP contribution in [0.15, 0.2) is 67.8 Å². The number of aryl methyl sites for hydroxylation is 2. The quantitative estimate of drug-likeness (QED) is 0.0344. The molecule has 8 bridgehead atoms. The van der Waals surface area contributed by atoms with Gasteiger partial charge in [-0.05, 0) is 121 Å². The lowest BCUT2D eigenvalue weighted by Crippen LogP contribution is -2.56. The minimum Gasteiger partial charge on any atom is -0.480 e. The molecule has 6 aliphatic rings. The van der Waals surface area contributed by atoms with Crippen LogP contribution < -0.4 is 55.7 Å². The van der Waals surface area contributed by atoms with Crippen molar-refractivity contribution in [2.75, 3.05) is 37.7 Å². The Hall–Kier alpha value is -7.75. The summed E-state index contributed by atoms with van der Waals surface area (Å²) in [7, 11) is -5.11. The molecule has 16 atom stereocenters. The van der Waals surface area contributed by atoms with Crippen molar-refractivity contribution < 1.29 is 81.7 Å². The van der Waals surface area contributed by atoms with Crippen molar-refractivity contribution in [1.29, 1.82) is 0 Å². The number of nitrogens with zero attached hydrogens (tertiary/aromatic N) is 5. The normalized spacial score (nSPS) is 31.2. The average Bonchev–Trinajstić information content (AvgIpc) is 1.53. The lowest BCUT2D eigenvalue weighted by molar-refractivity contribution is -0.138. The van der Waals surface area contributed by atoms with Gasteiger partial charge in [0, 0.05) is 150 Å². The van der Waals surface area contributed by atoms with E-state index in [1.54, 1.807) is 4.57 Å². The number of rotatable bonds is 36. The van der Waals surface area contributed by atoms with Crippen LogP contribution in [-0.2, 0) is 61.5 Å². The maximum absolute atomic E-state index is 14.5. The lowest BCUT2D eigenvalue weighted by Gasteiger charge is -2.48. The van der Waals surface area contributed by atoms with Gasteiger partial charge in [-0.1, -0.05) is 34.6 Å². The van der Waals surface area contributed by atoms with Crippen LogP contribution in [0.1, 0.15) is 163 Å². The van der Waals surface area contributed by atoms with Crippen molar-refractivity contribution in [2.45, 2.75) is 208 Å². The molecule has 2 aromatic rings. The molecule has 7 heterocycles. The second-order valence-corrected chi connectivity index (χ2v) is 32.9. The number of aromatic nitrogens is 2. The number of aliphatic imine (C=N–C) groups is 3. The Kier molecular flexibility index (Phi) is 26.2. The van der Waals surface area contributed by atoms with Crippen molar-refractivity contribution in [2.24, 2.45) is 94.7 Å². The van der Waals surface area contributed by atoms with Gasteiger partial charge >= 0.3 is 13.8 Å². The van der Waals surface area contributed by atoms with Gasteiger partial charge in [-0.2, -0.15) is 0 Å². The number of hydrogen-bond donors (Lipinski definition) is 14. The molecule has 1 aromatic heterocycles. The van der Waals surface area contributed by atoms with Gasteiger partial charge in [-0.25, -0.2) is 9.55 Å². The standard InChI is InChI=1S/C71H106N15O17PS/c1-35-24-46-47(25-36(35)2)86(34-81-46)65-60(96)61(48(31-87)101-65)103-104(99,100)102-37(3)30-80-56(94)20-21-68(8)43(26-52(75)90)64-71(11)70(10,29-54(77)92)42(16-19-55(93)78-22-12-13-23-79-57(95)33-105-32-44(72)66(97)98)59(85-71)39(5)63-69(9,28-53(76)91)40(14-17-50(73)88)45(82-63)27-49-67(6,7)41(15-18-51(74)89)58(83-49)38(4)62(68)84-64/h24-25,27,34,37,40-44,48,60-61,64-65,82,87,96H,12-23,26,28-33,72H2,1-11H3,(H2,73,88)(H2,74,89)(H2,75,90)(H2,76,91)(H2,77,92)(H,78,93)(H,79,95)(H,80,94)(H,97,98)(H,99,100)/b45-27-,58-38-,63-39-/t37-,40-,41-,42-,43+,44+,48+,60-,61-,64-,65+,68-,69+,70+,71-/m1/s1. The number of ether oxygens (including phenoxy) is 1. The number of amides is 8. The Morgan fingerprint density at radius 2 is 1.39 bits per heavy atom. The molecule has 20 N–H and O–H groups in total. The molecule has 0 aliphatic carbocycles. The van der Waals surface area contributed by atoms with Crippen LogP contribution in [0.2, 0.25) is 0 Å². The summed E-state index contributed by atoms with van der Waals surface area (Å²) in [4.78, 5) is 152. The van der Waals surface area contributed by atoms with E-state index >= 15 is 0 Å². The Labute approximate surface area is 615 Å². The van der Waals surface area contributed by atoms with E-state index in [0.717, 1.165) is 22.9 Å². The number of unbranched alkanes of at least 4 members (excludes halogenated alkanes) is 1. The number of hydrogen-bond acceptors (Lipinski definition) is 22. The maximum atomic E-state index is 14.5. The highest BCUT2D eigenvalue weighted by atomic mass is 32.2. The number of imidazole rings is 1. The van der Waals surface area contributed by atoms with Gasteiger partial charge in [0.15, 0.2) is 6.23 Å². The summed E-state index contributed by atoms with van der Waals surface area (Å²) in [6, 6.07) is 1.52. The van der Waals surface area contributed by atoms with Gasteiger partial charge in [0.2, 0.25) is 47.3 Å². The van der Waals surface area contributed by atoms with Gasteiger partial charge in [0.1, 0.15) is 24.4 Å². The summed E-state index contributed by atoms with van der Waals surface area (Å²) in [5, 5.41) is 43.2. The molecule has 32 nitrogen and oxygen atoms in total. The molecular weight excluding hydrogens is 1400 g/mol. The molecule has 6 aliphatic heterocycles. The number of carbonyl (C=O) groups is 9. The van der Waals surface area contributed by atoms with Crippen LogP contribution in [0.3, 0.4) is 0 Å². The molecule has 34 heteroatoms. The monoisotopic (exact) mass is 1500 g/mol. The number of allylic oxidation sites excluding steroid dienone is 6. The van der Waals surface area contributed by atoms with E-state index < -0.39 is 149 Å². The third kappa shape index (κ3) is 17.9. The molecule has 0 spiro atoms. The Morgan fingerprint density at radius 1 is 0.781 bits per heavy atom. The summed E-state index contributed by atoms with van der Waals surface area (Å²) in [6.07, 6.45) is -3.72. The highest BCUT2D eigenvalue weighted by Gasteiger charge is 2.66. The zero-order valence-corrected chi connectivity index (χ0v) is 63.5. The van der Waals surface area contributed by atoms with Gasteiger partial charge in [0.05, 0.1) is 47.4 Å². The van der Waals surface area contributed by atoms with Gasteiger partial charge < -0.3 is 85.2 Å². The number of nitrogens with two attached hydrogens (primary N) is 6. The number of fused-ring (bicyclic) bond motifs is 7.